The van der Waals surface area contributed by atoms with E-state index in [2.05, 4.69) is 31.3 Å². The fourth-order valence-corrected chi connectivity index (χ4v) is 3.62. The van der Waals surface area contributed by atoms with Gasteiger partial charge in [0.15, 0.2) is 0 Å². The molecule has 124 valence electrons. The lowest BCUT2D eigenvalue weighted by Gasteiger charge is -2.32. The van der Waals surface area contributed by atoms with Gasteiger partial charge in [0.1, 0.15) is 0 Å². The minimum Gasteiger partial charge on any atom is -0.342 e. The van der Waals surface area contributed by atoms with E-state index in [-0.39, 0.29) is 18.3 Å². The number of piperidine rings is 1. The van der Waals surface area contributed by atoms with Gasteiger partial charge in [0.05, 0.1) is 5.75 Å². The van der Waals surface area contributed by atoms with E-state index in [4.69, 9.17) is 0 Å². The van der Waals surface area contributed by atoms with Crippen molar-refractivity contribution in [3.05, 3.63) is 29.8 Å². The van der Waals surface area contributed by atoms with Crippen LogP contribution in [0.2, 0.25) is 0 Å². The molecule has 2 rings (SSSR count). The summed E-state index contributed by atoms with van der Waals surface area (Å²) in [4.78, 5) is 15.5. The number of rotatable bonds is 6. The van der Waals surface area contributed by atoms with Gasteiger partial charge in [0.2, 0.25) is 5.91 Å². The van der Waals surface area contributed by atoms with Crippen LogP contribution in [0.3, 0.4) is 0 Å². The maximum absolute atomic E-state index is 12.3. The molecule has 0 bridgehead atoms. The second-order valence-corrected chi connectivity index (χ2v) is 6.70. The molecule has 1 heterocycles. The Balaban J connectivity index is 0.00000242. The Morgan fingerprint density at radius 2 is 2.00 bits per heavy atom. The molecule has 0 saturated carbocycles. The highest BCUT2D eigenvalue weighted by Gasteiger charge is 2.22. The maximum atomic E-state index is 12.3. The minimum absolute atomic E-state index is 0. The SMILES string of the molecule is CCNCC1CCN(C(=O)CSc2ccccc2C)CC1.Cl. The fourth-order valence-electron chi connectivity index (χ4n) is 2.68. The molecular formula is C17H27ClN2OS. The van der Waals surface area contributed by atoms with Gasteiger partial charge >= 0.3 is 0 Å². The molecular weight excluding hydrogens is 316 g/mol. The number of benzene rings is 1. The average Bonchev–Trinajstić information content (AvgIpc) is 2.52. The predicted octanol–water partition coefficient (Wildman–Crippen LogP) is 3.36. The number of aryl methyl sites for hydroxylation is 1. The summed E-state index contributed by atoms with van der Waals surface area (Å²) in [7, 11) is 0. The topological polar surface area (TPSA) is 32.3 Å². The minimum atomic E-state index is 0. The van der Waals surface area contributed by atoms with E-state index in [9.17, 15) is 4.79 Å². The van der Waals surface area contributed by atoms with Crippen LogP contribution in [0, 0.1) is 12.8 Å². The van der Waals surface area contributed by atoms with E-state index < -0.39 is 0 Å². The predicted molar refractivity (Wildman–Crippen MR) is 97.0 cm³/mol. The molecule has 1 aromatic carbocycles. The van der Waals surface area contributed by atoms with Crippen molar-refractivity contribution in [2.24, 2.45) is 5.92 Å². The third kappa shape index (κ3) is 5.82. The Kier molecular flexibility index (Phi) is 8.91. The zero-order valence-corrected chi connectivity index (χ0v) is 15.1. The second kappa shape index (κ2) is 10.1. The smallest absolute Gasteiger partial charge is 0.232 e. The van der Waals surface area contributed by atoms with Crippen LogP contribution >= 0.6 is 24.2 Å². The number of amides is 1. The molecule has 0 unspecified atom stereocenters. The summed E-state index contributed by atoms with van der Waals surface area (Å²) in [5.41, 5.74) is 1.25. The Bertz CT molecular complexity index is 462. The van der Waals surface area contributed by atoms with E-state index in [0.717, 1.165) is 44.9 Å². The summed E-state index contributed by atoms with van der Waals surface area (Å²) in [5.74, 6) is 1.58. The van der Waals surface area contributed by atoms with Crippen LogP contribution in [-0.2, 0) is 4.79 Å². The van der Waals surface area contributed by atoms with E-state index in [1.807, 2.05) is 17.0 Å². The molecule has 5 heteroatoms. The van der Waals surface area contributed by atoms with E-state index in [0.29, 0.717) is 5.75 Å². The van der Waals surface area contributed by atoms with E-state index >= 15 is 0 Å². The molecule has 1 N–H and O–H groups in total. The van der Waals surface area contributed by atoms with Crippen LogP contribution in [-0.4, -0.2) is 42.7 Å². The van der Waals surface area contributed by atoms with Gasteiger partial charge in [0.25, 0.3) is 0 Å². The second-order valence-electron chi connectivity index (χ2n) is 5.69. The number of halogens is 1. The summed E-state index contributed by atoms with van der Waals surface area (Å²) in [6, 6.07) is 8.26. The van der Waals surface area contributed by atoms with Crippen molar-refractivity contribution in [1.29, 1.82) is 0 Å². The average molecular weight is 343 g/mol. The third-order valence-electron chi connectivity index (χ3n) is 4.09. The Morgan fingerprint density at radius 3 is 2.64 bits per heavy atom. The van der Waals surface area contributed by atoms with Gasteiger partial charge < -0.3 is 10.2 Å². The molecule has 0 aromatic heterocycles. The maximum Gasteiger partial charge on any atom is 0.232 e. The number of nitrogens with one attached hydrogen (secondary N) is 1. The lowest BCUT2D eigenvalue weighted by Crippen LogP contribution is -2.41. The van der Waals surface area contributed by atoms with Crippen LogP contribution in [0.25, 0.3) is 0 Å². The highest BCUT2D eigenvalue weighted by molar-refractivity contribution is 8.00. The van der Waals surface area contributed by atoms with Gasteiger partial charge in [-0.25, -0.2) is 0 Å². The number of hydrogen-bond acceptors (Lipinski definition) is 3. The zero-order valence-electron chi connectivity index (χ0n) is 13.5. The van der Waals surface area contributed by atoms with Crippen molar-refractivity contribution in [3.8, 4) is 0 Å². The van der Waals surface area contributed by atoms with Crippen molar-refractivity contribution in [1.82, 2.24) is 10.2 Å². The van der Waals surface area contributed by atoms with E-state index in [1.165, 1.54) is 10.5 Å². The molecule has 1 aromatic rings. The number of carbonyl (C=O) groups excluding carboxylic acids is 1. The summed E-state index contributed by atoms with van der Waals surface area (Å²) < 4.78 is 0. The van der Waals surface area contributed by atoms with Gasteiger partial charge in [-0.05, 0) is 50.4 Å². The molecule has 1 saturated heterocycles. The molecule has 0 radical (unpaired) electrons. The van der Waals surface area contributed by atoms with Gasteiger partial charge in [-0.15, -0.1) is 24.2 Å². The monoisotopic (exact) mass is 342 g/mol. The Labute approximate surface area is 144 Å². The largest absolute Gasteiger partial charge is 0.342 e. The number of carbonyl (C=O) groups is 1. The molecule has 0 spiro atoms. The molecule has 0 atom stereocenters. The summed E-state index contributed by atoms with van der Waals surface area (Å²) in [6.45, 7) is 8.20. The summed E-state index contributed by atoms with van der Waals surface area (Å²) in [6.07, 6.45) is 2.27. The van der Waals surface area contributed by atoms with Gasteiger partial charge in [-0.1, -0.05) is 25.1 Å². The molecule has 1 amide bonds. The van der Waals surface area contributed by atoms with Crippen LogP contribution in [0.5, 0.6) is 0 Å². The number of likely N-dealkylation sites (tertiary alicyclic amines) is 1. The zero-order chi connectivity index (χ0) is 15.1. The van der Waals surface area contributed by atoms with Crippen LogP contribution in [0.1, 0.15) is 25.3 Å². The first kappa shape index (κ1) is 19.3. The first-order valence-corrected chi connectivity index (χ1v) is 8.86. The summed E-state index contributed by atoms with van der Waals surface area (Å²) in [5, 5.41) is 3.41. The van der Waals surface area contributed by atoms with Crippen LogP contribution < -0.4 is 5.32 Å². The van der Waals surface area contributed by atoms with Crippen molar-refractivity contribution in [2.75, 3.05) is 31.9 Å². The molecule has 1 aliphatic heterocycles. The first-order valence-electron chi connectivity index (χ1n) is 7.87. The fraction of sp³-hybridized carbons (Fsp3) is 0.588. The molecule has 3 nitrogen and oxygen atoms in total. The lowest BCUT2D eigenvalue weighted by atomic mass is 9.97. The molecule has 1 aliphatic rings. The highest BCUT2D eigenvalue weighted by Crippen LogP contribution is 2.23. The van der Waals surface area contributed by atoms with Gasteiger partial charge in [-0.3, -0.25) is 4.79 Å². The van der Waals surface area contributed by atoms with Crippen molar-refractivity contribution in [3.63, 3.8) is 0 Å². The van der Waals surface area contributed by atoms with Gasteiger partial charge in [0, 0.05) is 18.0 Å². The van der Waals surface area contributed by atoms with Crippen molar-refractivity contribution in [2.45, 2.75) is 31.6 Å². The van der Waals surface area contributed by atoms with Crippen LogP contribution in [0.4, 0.5) is 0 Å². The number of thioether (sulfide) groups is 1. The standard InChI is InChI=1S/C17H26N2OS.ClH/c1-3-18-12-15-8-10-19(11-9-15)17(20)13-21-16-7-5-4-6-14(16)2;/h4-7,15,18H,3,8-13H2,1-2H3;1H. The molecule has 22 heavy (non-hydrogen) atoms. The molecule has 0 aliphatic carbocycles. The Hall–Kier alpha value is -0.710. The Morgan fingerprint density at radius 1 is 1.32 bits per heavy atom. The number of hydrogen-bond donors (Lipinski definition) is 1. The summed E-state index contributed by atoms with van der Waals surface area (Å²) >= 11 is 1.66. The van der Waals surface area contributed by atoms with Crippen molar-refractivity contribution < 1.29 is 4.79 Å². The van der Waals surface area contributed by atoms with E-state index in [1.54, 1.807) is 11.8 Å². The highest BCUT2D eigenvalue weighted by atomic mass is 35.5. The van der Waals surface area contributed by atoms with Gasteiger partial charge in [-0.2, -0.15) is 0 Å². The third-order valence-corrected chi connectivity index (χ3v) is 5.26. The molecule has 1 fully saturated rings. The normalized spacial score (nSPS) is 15.5. The number of nitrogens with zero attached hydrogens (tertiary/aromatic N) is 1. The first-order chi connectivity index (χ1) is 10.2. The lowest BCUT2D eigenvalue weighted by molar-refractivity contribution is -0.129. The van der Waals surface area contributed by atoms with Crippen LogP contribution in [0.15, 0.2) is 29.2 Å². The quantitative estimate of drug-likeness (QED) is 0.804. The van der Waals surface area contributed by atoms with Crippen molar-refractivity contribution >= 4 is 30.1 Å².